The van der Waals surface area contributed by atoms with Gasteiger partial charge in [0.1, 0.15) is 0 Å². The quantitative estimate of drug-likeness (QED) is 0.842. The maximum absolute atomic E-state index is 12.2. The van der Waals surface area contributed by atoms with E-state index in [9.17, 15) is 14.4 Å². The van der Waals surface area contributed by atoms with Gasteiger partial charge in [0.05, 0.1) is 11.1 Å². The molecule has 3 rings (SSSR count). The summed E-state index contributed by atoms with van der Waals surface area (Å²) >= 11 is 0. The first kappa shape index (κ1) is 16.7. The molecule has 0 aliphatic carbocycles. The number of urea groups is 1. The summed E-state index contributed by atoms with van der Waals surface area (Å²) in [5, 5.41) is 5.44. The molecule has 2 aromatic carbocycles. The van der Waals surface area contributed by atoms with Crippen molar-refractivity contribution in [3.8, 4) is 0 Å². The van der Waals surface area contributed by atoms with Crippen LogP contribution in [0.3, 0.4) is 0 Å². The van der Waals surface area contributed by atoms with Gasteiger partial charge in [0.25, 0.3) is 11.8 Å². The highest BCUT2D eigenvalue weighted by atomic mass is 16.2. The van der Waals surface area contributed by atoms with Gasteiger partial charge in [-0.15, -0.1) is 0 Å². The number of benzene rings is 2. The molecule has 0 spiro atoms. The third-order valence-electron chi connectivity index (χ3n) is 4.13. The van der Waals surface area contributed by atoms with Crippen LogP contribution in [0.1, 0.15) is 31.8 Å². The monoisotopic (exact) mass is 337 g/mol. The van der Waals surface area contributed by atoms with Crippen LogP contribution >= 0.6 is 0 Å². The van der Waals surface area contributed by atoms with Gasteiger partial charge in [-0.3, -0.25) is 14.5 Å². The molecule has 0 bridgehead atoms. The van der Waals surface area contributed by atoms with Crippen LogP contribution in [0.25, 0.3) is 0 Å². The highest BCUT2D eigenvalue weighted by Crippen LogP contribution is 2.21. The molecular formula is C19H19N3O3. The van der Waals surface area contributed by atoms with Crippen molar-refractivity contribution in [2.75, 3.05) is 18.4 Å². The molecule has 6 heteroatoms. The largest absolute Gasteiger partial charge is 0.336 e. The van der Waals surface area contributed by atoms with Crippen molar-refractivity contribution < 1.29 is 14.4 Å². The zero-order valence-corrected chi connectivity index (χ0v) is 14.1. The average molecular weight is 337 g/mol. The van der Waals surface area contributed by atoms with Gasteiger partial charge in [0.15, 0.2) is 0 Å². The van der Waals surface area contributed by atoms with E-state index in [1.54, 1.807) is 24.3 Å². The molecule has 1 heterocycles. The predicted molar refractivity (Wildman–Crippen MR) is 94.7 cm³/mol. The molecule has 0 fully saturated rings. The first-order valence-corrected chi connectivity index (χ1v) is 8.04. The number of hydrogen-bond acceptors (Lipinski definition) is 3. The lowest BCUT2D eigenvalue weighted by molar-refractivity contribution is 0.0656. The summed E-state index contributed by atoms with van der Waals surface area (Å²) in [6, 6.07) is 12.1. The maximum atomic E-state index is 12.2. The van der Waals surface area contributed by atoms with Crippen molar-refractivity contribution in [2.45, 2.75) is 13.8 Å². The fourth-order valence-electron chi connectivity index (χ4n) is 2.84. The van der Waals surface area contributed by atoms with Crippen molar-refractivity contribution in [3.63, 3.8) is 0 Å². The Kier molecular flexibility index (Phi) is 4.52. The molecule has 1 aliphatic rings. The van der Waals surface area contributed by atoms with Gasteiger partial charge in [0.2, 0.25) is 0 Å². The third-order valence-corrected chi connectivity index (χ3v) is 4.13. The van der Waals surface area contributed by atoms with Crippen molar-refractivity contribution in [1.29, 1.82) is 0 Å². The predicted octanol–water partition coefficient (Wildman–Crippen LogP) is 2.72. The van der Waals surface area contributed by atoms with E-state index in [0.717, 1.165) is 21.7 Å². The Bertz CT molecular complexity index is 826. The van der Waals surface area contributed by atoms with Crippen LogP contribution in [-0.2, 0) is 0 Å². The van der Waals surface area contributed by atoms with E-state index >= 15 is 0 Å². The van der Waals surface area contributed by atoms with E-state index in [1.807, 2.05) is 32.0 Å². The number of nitrogens with one attached hydrogen (secondary N) is 2. The number of carbonyl (C=O) groups excluding carboxylic acids is 3. The molecule has 0 saturated carbocycles. The Balaban J connectivity index is 1.54. The lowest BCUT2D eigenvalue weighted by atomic mass is 10.1. The molecular weight excluding hydrogens is 318 g/mol. The topological polar surface area (TPSA) is 78.5 Å². The van der Waals surface area contributed by atoms with Gasteiger partial charge in [-0.2, -0.15) is 0 Å². The number of fused-ring (bicyclic) bond motifs is 1. The number of nitrogens with zero attached hydrogens (tertiary/aromatic N) is 1. The summed E-state index contributed by atoms with van der Waals surface area (Å²) in [4.78, 5) is 37.6. The minimum absolute atomic E-state index is 0.132. The first-order chi connectivity index (χ1) is 12.0. The highest BCUT2D eigenvalue weighted by Gasteiger charge is 2.34. The van der Waals surface area contributed by atoms with Gasteiger partial charge >= 0.3 is 6.03 Å². The normalized spacial score (nSPS) is 13.0. The van der Waals surface area contributed by atoms with Crippen molar-refractivity contribution in [1.82, 2.24) is 10.2 Å². The molecule has 2 aromatic rings. The Hall–Kier alpha value is -3.15. The minimum atomic E-state index is -0.372. The molecule has 0 atom stereocenters. The molecule has 6 nitrogen and oxygen atoms in total. The first-order valence-electron chi connectivity index (χ1n) is 8.04. The third kappa shape index (κ3) is 3.38. The summed E-state index contributed by atoms with van der Waals surface area (Å²) in [6.07, 6.45) is 0. The molecule has 0 saturated heterocycles. The fraction of sp³-hybridized carbons (Fsp3) is 0.211. The SMILES string of the molecule is Cc1ccc(NC(=O)NCCN2C(=O)c3ccccc3C2=O)c(C)c1. The molecule has 0 radical (unpaired) electrons. The van der Waals surface area contributed by atoms with Gasteiger partial charge in [-0.1, -0.05) is 29.8 Å². The average Bonchev–Trinajstić information content (AvgIpc) is 2.83. The number of amides is 4. The van der Waals surface area contributed by atoms with Gasteiger partial charge < -0.3 is 10.6 Å². The van der Waals surface area contributed by atoms with Gasteiger partial charge in [0, 0.05) is 18.8 Å². The Morgan fingerprint density at radius 3 is 2.24 bits per heavy atom. The molecule has 0 aromatic heterocycles. The summed E-state index contributed by atoms with van der Waals surface area (Å²) in [5.41, 5.74) is 3.63. The van der Waals surface area contributed by atoms with E-state index in [2.05, 4.69) is 10.6 Å². The van der Waals surface area contributed by atoms with E-state index in [1.165, 1.54) is 0 Å². The van der Waals surface area contributed by atoms with Crippen LogP contribution in [0, 0.1) is 13.8 Å². The van der Waals surface area contributed by atoms with E-state index in [0.29, 0.717) is 11.1 Å². The van der Waals surface area contributed by atoms with Crippen molar-refractivity contribution in [3.05, 3.63) is 64.7 Å². The highest BCUT2D eigenvalue weighted by molar-refractivity contribution is 6.21. The number of hydrogen-bond donors (Lipinski definition) is 2. The summed E-state index contributed by atoms with van der Waals surface area (Å²) in [6.45, 7) is 4.22. The van der Waals surface area contributed by atoms with Crippen LogP contribution in [0.2, 0.25) is 0 Å². The second-order valence-electron chi connectivity index (χ2n) is 6.01. The van der Waals surface area contributed by atoms with Crippen molar-refractivity contribution >= 4 is 23.5 Å². The van der Waals surface area contributed by atoms with Crippen LogP contribution in [-0.4, -0.2) is 35.8 Å². The molecule has 4 amide bonds. The molecule has 128 valence electrons. The summed E-state index contributed by atoms with van der Waals surface area (Å²) < 4.78 is 0. The van der Waals surface area contributed by atoms with E-state index < -0.39 is 0 Å². The van der Waals surface area contributed by atoms with Crippen LogP contribution in [0.5, 0.6) is 0 Å². The molecule has 25 heavy (non-hydrogen) atoms. The van der Waals surface area contributed by atoms with Gasteiger partial charge in [-0.25, -0.2) is 4.79 Å². The molecule has 0 unspecified atom stereocenters. The lowest BCUT2D eigenvalue weighted by Gasteiger charge is -2.15. The second-order valence-corrected chi connectivity index (χ2v) is 6.01. The van der Waals surface area contributed by atoms with Crippen LogP contribution in [0.4, 0.5) is 10.5 Å². The number of imide groups is 1. The molecule has 1 aliphatic heterocycles. The van der Waals surface area contributed by atoms with Crippen molar-refractivity contribution in [2.24, 2.45) is 0 Å². The number of carbonyl (C=O) groups is 3. The van der Waals surface area contributed by atoms with Gasteiger partial charge in [-0.05, 0) is 37.6 Å². The lowest BCUT2D eigenvalue weighted by Crippen LogP contribution is -2.39. The van der Waals surface area contributed by atoms with E-state index in [-0.39, 0.29) is 30.9 Å². The Labute approximate surface area is 145 Å². The zero-order valence-electron chi connectivity index (χ0n) is 14.1. The summed E-state index contributed by atoms with van der Waals surface area (Å²) in [5.74, 6) is -0.644. The minimum Gasteiger partial charge on any atom is -0.336 e. The number of rotatable bonds is 4. The Morgan fingerprint density at radius 2 is 1.64 bits per heavy atom. The smallest absolute Gasteiger partial charge is 0.319 e. The fourth-order valence-corrected chi connectivity index (χ4v) is 2.84. The number of aryl methyl sites for hydroxylation is 2. The van der Waals surface area contributed by atoms with Crippen LogP contribution in [0.15, 0.2) is 42.5 Å². The Morgan fingerprint density at radius 1 is 1.00 bits per heavy atom. The summed E-state index contributed by atoms with van der Waals surface area (Å²) in [7, 11) is 0. The molecule has 2 N–H and O–H groups in total. The standard InChI is InChI=1S/C19H19N3O3/c1-12-7-8-16(13(2)11-12)21-19(25)20-9-10-22-17(23)14-5-3-4-6-15(14)18(22)24/h3-8,11H,9-10H2,1-2H3,(H2,20,21,25). The maximum Gasteiger partial charge on any atom is 0.319 e. The second kappa shape index (κ2) is 6.76. The van der Waals surface area contributed by atoms with E-state index in [4.69, 9.17) is 0 Å². The van der Waals surface area contributed by atoms with Crippen LogP contribution < -0.4 is 10.6 Å². The number of anilines is 1. The zero-order chi connectivity index (χ0) is 18.0.